The monoisotopic (exact) mass is 234 g/mol. The summed E-state index contributed by atoms with van der Waals surface area (Å²) in [5, 5.41) is 19.9. The van der Waals surface area contributed by atoms with E-state index >= 15 is 0 Å². The molecule has 0 aliphatic heterocycles. The van der Waals surface area contributed by atoms with Gasteiger partial charge in [0.15, 0.2) is 0 Å². The van der Waals surface area contributed by atoms with Crippen LogP contribution in [0.15, 0.2) is 35.7 Å². The van der Waals surface area contributed by atoms with Crippen LogP contribution < -0.4 is 0 Å². The largest absolute Gasteiger partial charge is 0.508 e. The van der Waals surface area contributed by atoms with Crippen molar-refractivity contribution in [2.24, 2.45) is 0 Å². The SMILES string of the molecule is O=C(O)Cc1cc(-c2cccc(O)c2)cs1. The molecule has 2 aromatic rings. The van der Waals surface area contributed by atoms with Gasteiger partial charge in [0.25, 0.3) is 0 Å². The number of hydrogen-bond acceptors (Lipinski definition) is 3. The zero-order valence-electron chi connectivity index (χ0n) is 8.38. The first-order chi connectivity index (χ1) is 7.65. The molecule has 1 aromatic carbocycles. The van der Waals surface area contributed by atoms with Crippen LogP contribution in [0.1, 0.15) is 4.88 Å². The van der Waals surface area contributed by atoms with Crippen LogP contribution in [0.5, 0.6) is 5.75 Å². The first-order valence-corrected chi connectivity index (χ1v) is 5.62. The minimum atomic E-state index is -0.829. The maximum atomic E-state index is 10.5. The predicted octanol–water partition coefficient (Wildman–Crippen LogP) is 2.75. The van der Waals surface area contributed by atoms with E-state index < -0.39 is 5.97 Å². The molecule has 0 radical (unpaired) electrons. The first-order valence-electron chi connectivity index (χ1n) is 4.74. The molecule has 0 saturated carbocycles. The second kappa shape index (κ2) is 4.37. The van der Waals surface area contributed by atoms with Crippen molar-refractivity contribution in [1.29, 1.82) is 0 Å². The molecule has 0 bridgehead atoms. The van der Waals surface area contributed by atoms with E-state index in [4.69, 9.17) is 5.11 Å². The average Bonchev–Trinajstić information content (AvgIpc) is 2.65. The topological polar surface area (TPSA) is 57.5 Å². The average molecular weight is 234 g/mol. The van der Waals surface area contributed by atoms with Gasteiger partial charge in [-0.2, -0.15) is 0 Å². The molecule has 0 atom stereocenters. The Balaban J connectivity index is 2.28. The molecule has 82 valence electrons. The zero-order valence-corrected chi connectivity index (χ0v) is 9.20. The van der Waals surface area contributed by atoms with Gasteiger partial charge in [0.1, 0.15) is 5.75 Å². The lowest BCUT2D eigenvalue weighted by Gasteiger charge is -1.97. The van der Waals surface area contributed by atoms with Crippen LogP contribution >= 0.6 is 11.3 Å². The van der Waals surface area contributed by atoms with Crippen molar-refractivity contribution in [2.45, 2.75) is 6.42 Å². The van der Waals surface area contributed by atoms with Gasteiger partial charge in [0.2, 0.25) is 0 Å². The van der Waals surface area contributed by atoms with E-state index in [1.165, 1.54) is 11.3 Å². The number of carboxylic acids is 1. The Hall–Kier alpha value is -1.81. The number of benzene rings is 1. The molecule has 0 spiro atoms. The lowest BCUT2D eigenvalue weighted by atomic mass is 10.1. The number of aromatic hydroxyl groups is 1. The van der Waals surface area contributed by atoms with Crippen LogP contribution in [0.3, 0.4) is 0 Å². The predicted molar refractivity (Wildman–Crippen MR) is 62.8 cm³/mol. The molecule has 2 rings (SSSR count). The maximum absolute atomic E-state index is 10.5. The van der Waals surface area contributed by atoms with Crippen molar-refractivity contribution >= 4 is 17.3 Å². The molecule has 2 N–H and O–H groups in total. The fourth-order valence-corrected chi connectivity index (χ4v) is 2.34. The van der Waals surface area contributed by atoms with Crippen LogP contribution in [0.4, 0.5) is 0 Å². The Morgan fingerprint density at radius 2 is 2.06 bits per heavy atom. The molecule has 1 aromatic heterocycles. The van der Waals surface area contributed by atoms with Crippen molar-refractivity contribution < 1.29 is 15.0 Å². The summed E-state index contributed by atoms with van der Waals surface area (Å²) in [7, 11) is 0. The quantitative estimate of drug-likeness (QED) is 0.858. The van der Waals surface area contributed by atoms with Gasteiger partial charge in [-0.15, -0.1) is 11.3 Å². The highest BCUT2D eigenvalue weighted by atomic mass is 32.1. The van der Waals surface area contributed by atoms with Crippen molar-refractivity contribution in [3.05, 3.63) is 40.6 Å². The summed E-state index contributed by atoms with van der Waals surface area (Å²) >= 11 is 1.42. The van der Waals surface area contributed by atoms with Crippen LogP contribution in [-0.2, 0) is 11.2 Å². The van der Waals surface area contributed by atoms with Gasteiger partial charge in [-0.25, -0.2) is 0 Å². The number of thiophene rings is 1. The summed E-state index contributed by atoms with van der Waals surface area (Å²) in [4.78, 5) is 11.3. The summed E-state index contributed by atoms with van der Waals surface area (Å²) < 4.78 is 0. The molecule has 3 nitrogen and oxygen atoms in total. The molecular weight excluding hydrogens is 224 g/mol. The summed E-state index contributed by atoms with van der Waals surface area (Å²) in [6.07, 6.45) is 0.0451. The highest BCUT2D eigenvalue weighted by Gasteiger charge is 2.06. The van der Waals surface area contributed by atoms with Crippen LogP contribution in [0.25, 0.3) is 11.1 Å². The molecule has 1 heterocycles. The molecule has 0 aliphatic carbocycles. The second-order valence-corrected chi connectivity index (χ2v) is 4.42. The third-order valence-electron chi connectivity index (χ3n) is 2.16. The van der Waals surface area contributed by atoms with Crippen LogP contribution in [-0.4, -0.2) is 16.2 Å². The third kappa shape index (κ3) is 2.41. The smallest absolute Gasteiger partial charge is 0.308 e. The summed E-state index contributed by atoms with van der Waals surface area (Å²) in [5.74, 6) is -0.618. The lowest BCUT2D eigenvalue weighted by Crippen LogP contribution is -1.97. The zero-order chi connectivity index (χ0) is 11.5. The molecular formula is C12H10O3S. The van der Waals surface area contributed by atoms with Gasteiger partial charge in [0, 0.05) is 4.88 Å². The molecule has 0 fully saturated rings. The van der Waals surface area contributed by atoms with E-state index in [1.54, 1.807) is 18.2 Å². The third-order valence-corrected chi connectivity index (χ3v) is 3.10. The number of carboxylic acid groups (broad SMARTS) is 1. The lowest BCUT2D eigenvalue weighted by molar-refractivity contribution is -0.136. The van der Waals surface area contributed by atoms with Crippen molar-refractivity contribution in [3.63, 3.8) is 0 Å². The van der Waals surface area contributed by atoms with E-state index in [-0.39, 0.29) is 12.2 Å². The van der Waals surface area contributed by atoms with E-state index in [2.05, 4.69) is 0 Å². The van der Waals surface area contributed by atoms with E-state index in [0.29, 0.717) is 0 Å². The maximum Gasteiger partial charge on any atom is 0.308 e. The molecule has 0 saturated heterocycles. The normalized spacial score (nSPS) is 10.2. The van der Waals surface area contributed by atoms with Gasteiger partial charge >= 0.3 is 5.97 Å². The molecule has 0 aliphatic rings. The van der Waals surface area contributed by atoms with E-state index in [9.17, 15) is 9.90 Å². The second-order valence-electron chi connectivity index (χ2n) is 3.42. The van der Waals surface area contributed by atoms with Crippen molar-refractivity contribution in [3.8, 4) is 16.9 Å². The minimum Gasteiger partial charge on any atom is -0.508 e. The fraction of sp³-hybridized carbons (Fsp3) is 0.0833. The summed E-state index contributed by atoms with van der Waals surface area (Å²) in [6, 6.07) is 8.75. The van der Waals surface area contributed by atoms with Gasteiger partial charge < -0.3 is 10.2 Å². The van der Waals surface area contributed by atoms with Crippen molar-refractivity contribution in [2.75, 3.05) is 0 Å². The van der Waals surface area contributed by atoms with E-state index in [1.807, 2.05) is 17.5 Å². The van der Waals surface area contributed by atoms with Crippen LogP contribution in [0, 0.1) is 0 Å². The minimum absolute atomic E-state index is 0.0451. The summed E-state index contributed by atoms with van der Waals surface area (Å²) in [6.45, 7) is 0. The van der Waals surface area contributed by atoms with Gasteiger partial charge in [0.05, 0.1) is 6.42 Å². The Morgan fingerprint density at radius 1 is 1.25 bits per heavy atom. The highest BCUT2D eigenvalue weighted by Crippen LogP contribution is 2.28. The first kappa shape index (κ1) is 10.7. The Kier molecular flexibility index (Phi) is 2.92. The number of phenolic OH excluding ortho intramolecular Hbond substituents is 1. The number of phenols is 1. The molecule has 0 amide bonds. The van der Waals surface area contributed by atoms with Crippen molar-refractivity contribution in [1.82, 2.24) is 0 Å². The number of rotatable bonds is 3. The number of aliphatic carboxylic acids is 1. The fourth-order valence-electron chi connectivity index (χ4n) is 1.46. The molecule has 0 unspecified atom stereocenters. The van der Waals surface area contributed by atoms with Crippen LogP contribution in [0.2, 0.25) is 0 Å². The highest BCUT2D eigenvalue weighted by molar-refractivity contribution is 7.10. The molecule has 16 heavy (non-hydrogen) atoms. The number of carbonyl (C=O) groups is 1. The number of hydrogen-bond donors (Lipinski definition) is 2. The Morgan fingerprint density at radius 3 is 2.75 bits per heavy atom. The summed E-state index contributed by atoms with van der Waals surface area (Å²) in [5.41, 5.74) is 1.84. The Bertz CT molecular complexity index is 516. The molecule has 4 heteroatoms. The van der Waals surface area contributed by atoms with E-state index in [0.717, 1.165) is 16.0 Å². The standard InChI is InChI=1S/C12H10O3S/c13-10-3-1-2-8(4-10)9-5-11(16-7-9)6-12(14)15/h1-5,7,13H,6H2,(H,14,15). The van der Waals surface area contributed by atoms with Gasteiger partial charge in [-0.1, -0.05) is 12.1 Å². The Labute approximate surface area is 96.6 Å². The van der Waals surface area contributed by atoms with Gasteiger partial charge in [-0.3, -0.25) is 4.79 Å². The van der Waals surface area contributed by atoms with Gasteiger partial charge in [-0.05, 0) is 34.7 Å².